The minimum atomic E-state index is -0.265. The van der Waals surface area contributed by atoms with E-state index in [4.69, 9.17) is 0 Å². The van der Waals surface area contributed by atoms with Crippen molar-refractivity contribution in [3.05, 3.63) is 107 Å². The van der Waals surface area contributed by atoms with Gasteiger partial charge in [-0.3, -0.25) is 9.13 Å². The van der Waals surface area contributed by atoms with Gasteiger partial charge in [0.05, 0.1) is 12.2 Å². The summed E-state index contributed by atoms with van der Waals surface area (Å²) in [5.41, 5.74) is 3.98. The third-order valence-corrected chi connectivity index (χ3v) is 6.24. The topological polar surface area (TPSA) is 79.5 Å². The molecule has 0 fully saturated rings. The molecule has 2 amide bonds. The van der Waals surface area contributed by atoms with E-state index in [0.29, 0.717) is 37.4 Å². The molecule has 34 heavy (non-hydrogen) atoms. The van der Waals surface area contributed by atoms with Crippen molar-refractivity contribution in [3.8, 4) is 17.0 Å². The number of hydrogen-bond donors (Lipinski definition) is 2. The van der Waals surface area contributed by atoms with Crippen LogP contribution in [0.5, 0.6) is 5.88 Å². The molecular weight excluding hydrogens is 428 g/mol. The van der Waals surface area contributed by atoms with Gasteiger partial charge in [-0.25, -0.2) is 9.59 Å². The molecule has 0 aliphatic carbocycles. The molecule has 7 heteroatoms. The van der Waals surface area contributed by atoms with Gasteiger partial charge < -0.3 is 15.3 Å². The summed E-state index contributed by atoms with van der Waals surface area (Å²) < 4.78 is 2.97. The van der Waals surface area contributed by atoms with E-state index in [1.807, 2.05) is 84.9 Å². The van der Waals surface area contributed by atoms with Gasteiger partial charge in [-0.15, -0.1) is 0 Å². The van der Waals surface area contributed by atoms with Crippen molar-refractivity contribution in [1.29, 1.82) is 0 Å². The van der Waals surface area contributed by atoms with Crippen molar-refractivity contribution in [3.63, 3.8) is 0 Å². The van der Waals surface area contributed by atoms with Gasteiger partial charge in [0.1, 0.15) is 5.69 Å². The summed E-state index contributed by atoms with van der Waals surface area (Å²) in [5, 5.41) is 13.8. The fourth-order valence-corrected chi connectivity index (χ4v) is 4.41. The van der Waals surface area contributed by atoms with Crippen LogP contribution in [0, 0.1) is 0 Å². The lowest BCUT2D eigenvalue weighted by Crippen LogP contribution is -2.42. The number of carbonyl (C=O) groups excluding carboxylic acids is 1. The molecule has 0 radical (unpaired) electrons. The average Bonchev–Trinajstić information content (AvgIpc) is 3.13. The van der Waals surface area contributed by atoms with Gasteiger partial charge in [0.25, 0.3) is 0 Å². The number of aryl methyl sites for hydroxylation is 1. The molecule has 0 spiro atoms. The zero-order chi connectivity index (χ0) is 23.5. The van der Waals surface area contributed by atoms with Crippen molar-refractivity contribution in [2.24, 2.45) is 0 Å². The number of nitrogens with one attached hydrogen (secondary N) is 1. The Hall–Kier alpha value is -4.26. The maximum absolute atomic E-state index is 13.1. The predicted molar refractivity (Wildman–Crippen MR) is 132 cm³/mol. The van der Waals surface area contributed by atoms with Crippen molar-refractivity contribution >= 4 is 11.7 Å². The van der Waals surface area contributed by atoms with Gasteiger partial charge in [0.15, 0.2) is 0 Å². The Labute approximate surface area is 197 Å². The zero-order valence-corrected chi connectivity index (χ0v) is 18.7. The molecule has 0 saturated heterocycles. The SMILES string of the molecule is O=C(Nc1ccccc1-c1ccccc1)N1CCn2c(c(O)n(CCc3ccccc3)c2=O)C1. The molecule has 5 rings (SSSR count). The number of aromatic nitrogens is 2. The number of para-hydroxylation sites is 1. The van der Waals surface area contributed by atoms with E-state index >= 15 is 0 Å². The van der Waals surface area contributed by atoms with Crippen LogP contribution in [0.25, 0.3) is 11.1 Å². The summed E-state index contributed by atoms with van der Waals surface area (Å²) >= 11 is 0. The lowest BCUT2D eigenvalue weighted by Gasteiger charge is -2.28. The predicted octanol–water partition coefficient (Wildman–Crippen LogP) is 4.31. The van der Waals surface area contributed by atoms with Gasteiger partial charge in [-0.1, -0.05) is 78.9 Å². The number of carbonyl (C=O) groups is 1. The lowest BCUT2D eigenvalue weighted by atomic mass is 10.0. The number of urea groups is 1. The van der Waals surface area contributed by atoms with Crippen LogP contribution in [0.2, 0.25) is 0 Å². The summed E-state index contributed by atoms with van der Waals surface area (Å²) in [4.78, 5) is 27.6. The summed E-state index contributed by atoms with van der Waals surface area (Å²) in [6, 6.07) is 27.1. The van der Waals surface area contributed by atoms with Crippen LogP contribution in [0.1, 0.15) is 11.3 Å². The number of amides is 2. The van der Waals surface area contributed by atoms with Gasteiger partial charge in [-0.2, -0.15) is 0 Å². The lowest BCUT2D eigenvalue weighted by molar-refractivity contribution is 0.195. The van der Waals surface area contributed by atoms with E-state index < -0.39 is 0 Å². The Morgan fingerprint density at radius 3 is 2.32 bits per heavy atom. The number of benzene rings is 3. The summed E-state index contributed by atoms with van der Waals surface area (Å²) in [6.07, 6.45) is 0.637. The number of fused-ring (bicyclic) bond motifs is 1. The standard InChI is InChI=1S/C27H26N4O3/c32-25-24-19-29(17-18-30(24)27(34)31(25)16-15-20-9-3-1-4-10-20)26(33)28-23-14-8-7-13-22(23)21-11-5-2-6-12-21/h1-14,32H,15-19H2,(H,28,33). The number of aromatic hydroxyl groups is 1. The average molecular weight is 455 g/mol. The maximum atomic E-state index is 13.1. The van der Waals surface area contributed by atoms with Crippen molar-refractivity contribution in [2.75, 3.05) is 11.9 Å². The Kier molecular flexibility index (Phi) is 5.91. The second-order valence-electron chi connectivity index (χ2n) is 8.36. The van der Waals surface area contributed by atoms with Crippen molar-refractivity contribution < 1.29 is 9.90 Å². The molecule has 1 aromatic heterocycles. The normalized spacial score (nSPS) is 12.9. The largest absolute Gasteiger partial charge is 0.493 e. The molecule has 3 aromatic carbocycles. The molecule has 2 N–H and O–H groups in total. The van der Waals surface area contributed by atoms with E-state index in [1.165, 1.54) is 4.57 Å². The Balaban J connectivity index is 1.33. The fourth-order valence-electron chi connectivity index (χ4n) is 4.41. The zero-order valence-electron chi connectivity index (χ0n) is 18.7. The Morgan fingerprint density at radius 1 is 0.882 bits per heavy atom. The third kappa shape index (κ3) is 4.20. The van der Waals surface area contributed by atoms with E-state index in [1.54, 1.807) is 9.47 Å². The van der Waals surface area contributed by atoms with Gasteiger partial charge in [0.2, 0.25) is 5.88 Å². The fraction of sp³-hybridized carbons (Fsp3) is 0.185. The van der Waals surface area contributed by atoms with Crippen LogP contribution in [0.15, 0.2) is 89.7 Å². The third-order valence-electron chi connectivity index (χ3n) is 6.24. The molecule has 0 unspecified atom stereocenters. The molecule has 7 nitrogen and oxygen atoms in total. The molecular formula is C27H26N4O3. The maximum Gasteiger partial charge on any atom is 0.331 e. The van der Waals surface area contributed by atoms with E-state index in [9.17, 15) is 14.7 Å². The molecule has 2 heterocycles. The molecule has 172 valence electrons. The minimum Gasteiger partial charge on any atom is -0.493 e. The first-order chi connectivity index (χ1) is 16.6. The van der Waals surface area contributed by atoms with Gasteiger partial charge in [0, 0.05) is 25.2 Å². The second-order valence-corrected chi connectivity index (χ2v) is 8.36. The van der Waals surface area contributed by atoms with E-state index in [0.717, 1.165) is 16.7 Å². The summed E-state index contributed by atoms with van der Waals surface area (Å²) in [7, 11) is 0. The molecule has 0 saturated carbocycles. The highest BCUT2D eigenvalue weighted by molar-refractivity contribution is 5.94. The highest BCUT2D eigenvalue weighted by Gasteiger charge is 2.28. The van der Waals surface area contributed by atoms with Crippen LogP contribution >= 0.6 is 0 Å². The van der Waals surface area contributed by atoms with Crippen molar-refractivity contribution in [2.45, 2.75) is 26.1 Å². The van der Waals surface area contributed by atoms with Gasteiger partial charge in [-0.05, 0) is 23.6 Å². The van der Waals surface area contributed by atoms with Crippen molar-refractivity contribution in [1.82, 2.24) is 14.0 Å². The molecule has 0 bridgehead atoms. The monoisotopic (exact) mass is 454 g/mol. The first kappa shape index (κ1) is 21.6. The van der Waals surface area contributed by atoms with Crippen LogP contribution in [0.4, 0.5) is 10.5 Å². The Bertz CT molecular complexity index is 1360. The smallest absolute Gasteiger partial charge is 0.331 e. The quantitative estimate of drug-likeness (QED) is 0.472. The van der Waals surface area contributed by atoms with Gasteiger partial charge >= 0.3 is 11.7 Å². The highest BCUT2D eigenvalue weighted by atomic mass is 16.3. The Morgan fingerprint density at radius 2 is 1.56 bits per heavy atom. The highest BCUT2D eigenvalue weighted by Crippen LogP contribution is 2.28. The molecule has 4 aromatic rings. The van der Waals surface area contributed by atoms with Crippen LogP contribution < -0.4 is 11.0 Å². The molecule has 1 aliphatic rings. The number of hydrogen-bond acceptors (Lipinski definition) is 3. The van der Waals surface area contributed by atoms with Crippen LogP contribution in [-0.2, 0) is 26.1 Å². The molecule has 0 atom stereocenters. The number of nitrogens with zero attached hydrogens (tertiary/aromatic N) is 3. The minimum absolute atomic E-state index is 0.0666. The number of rotatable bonds is 5. The first-order valence-electron chi connectivity index (χ1n) is 11.4. The van der Waals surface area contributed by atoms with Crippen LogP contribution in [0.3, 0.4) is 0 Å². The first-order valence-corrected chi connectivity index (χ1v) is 11.4. The van der Waals surface area contributed by atoms with E-state index in [-0.39, 0.29) is 24.1 Å². The number of anilines is 1. The van der Waals surface area contributed by atoms with E-state index in [2.05, 4.69) is 5.32 Å². The summed E-state index contributed by atoms with van der Waals surface area (Å²) in [5.74, 6) is -0.0666. The number of imidazole rings is 1. The molecule has 1 aliphatic heterocycles. The second kappa shape index (κ2) is 9.31. The van der Waals surface area contributed by atoms with Crippen LogP contribution in [-0.4, -0.2) is 31.7 Å². The summed E-state index contributed by atoms with van der Waals surface area (Å²) in [6.45, 7) is 1.27.